The molecule has 0 radical (unpaired) electrons. The molecule has 0 aliphatic rings. The second-order valence-electron chi connectivity index (χ2n) is 3.94. The standard InChI is InChI=1S/C10H14N4O2/c1-7(2)14-5-4-13(10(14)15)6-9-11-8(3)16-12-9/h4-5,7H,6H2,1-3H3. The van der Waals surface area contributed by atoms with Gasteiger partial charge in [0, 0.05) is 25.4 Å². The van der Waals surface area contributed by atoms with Crippen molar-refractivity contribution >= 4 is 0 Å². The van der Waals surface area contributed by atoms with Gasteiger partial charge in [-0.2, -0.15) is 4.98 Å². The van der Waals surface area contributed by atoms with Crippen LogP contribution >= 0.6 is 0 Å². The van der Waals surface area contributed by atoms with Gasteiger partial charge in [0.2, 0.25) is 5.89 Å². The topological polar surface area (TPSA) is 65.8 Å². The SMILES string of the molecule is Cc1nc(Cn2ccn(C(C)C)c2=O)no1. The summed E-state index contributed by atoms with van der Waals surface area (Å²) in [6.07, 6.45) is 3.49. The molecule has 0 atom stereocenters. The van der Waals surface area contributed by atoms with Gasteiger partial charge in [-0.05, 0) is 13.8 Å². The Morgan fingerprint density at radius 3 is 2.69 bits per heavy atom. The highest BCUT2D eigenvalue weighted by Crippen LogP contribution is 2.01. The number of imidazole rings is 1. The van der Waals surface area contributed by atoms with Crippen LogP contribution in [-0.4, -0.2) is 19.3 Å². The molecule has 0 bridgehead atoms. The van der Waals surface area contributed by atoms with Crippen molar-refractivity contribution in [1.29, 1.82) is 0 Å². The van der Waals surface area contributed by atoms with Gasteiger partial charge < -0.3 is 4.52 Å². The van der Waals surface area contributed by atoms with Crippen molar-refractivity contribution in [1.82, 2.24) is 19.3 Å². The predicted molar refractivity (Wildman–Crippen MR) is 57.2 cm³/mol. The van der Waals surface area contributed by atoms with E-state index in [4.69, 9.17) is 4.52 Å². The molecular weight excluding hydrogens is 208 g/mol. The van der Waals surface area contributed by atoms with Crippen LogP contribution in [0.1, 0.15) is 31.6 Å². The zero-order valence-electron chi connectivity index (χ0n) is 9.54. The molecule has 0 saturated carbocycles. The van der Waals surface area contributed by atoms with Crippen LogP contribution in [0.2, 0.25) is 0 Å². The van der Waals surface area contributed by atoms with Crippen molar-refractivity contribution in [3.8, 4) is 0 Å². The van der Waals surface area contributed by atoms with Crippen LogP contribution < -0.4 is 5.69 Å². The van der Waals surface area contributed by atoms with Crippen molar-refractivity contribution < 1.29 is 4.52 Å². The second kappa shape index (κ2) is 3.96. The minimum absolute atomic E-state index is 0.0579. The third-order valence-corrected chi connectivity index (χ3v) is 2.31. The van der Waals surface area contributed by atoms with Gasteiger partial charge in [-0.1, -0.05) is 5.16 Å². The normalized spacial score (nSPS) is 11.2. The van der Waals surface area contributed by atoms with E-state index in [1.165, 1.54) is 0 Å². The quantitative estimate of drug-likeness (QED) is 0.776. The van der Waals surface area contributed by atoms with E-state index in [9.17, 15) is 4.79 Å². The molecule has 0 spiro atoms. The minimum Gasteiger partial charge on any atom is -0.340 e. The smallest absolute Gasteiger partial charge is 0.328 e. The van der Waals surface area contributed by atoms with Crippen LogP contribution in [0.3, 0.4) is 0 Å². The maximum atomic E-state index is 11.9. The van der Waals surface area contributed by atoms with Crippen molar-refractivity contribution in [2.75, 3.05) is 0 Å². The zero-order chi connectivity index (χ0) is 11.7. The average Bonchev–Trinajstić information content (AvgIpc) is 2.76. The summed E-state index contributed by atoms with van der Waals surface area (Å²) >= 11 is 0. The Hall–Kier alpha value is -1.85. The number of aryl methyl sites for hydroxylation is 1. The Morgan fingerprint density at radius 2 is 2.19 bits per heavy atom. The number of rotatable bonds is 3. The van der Waals surface area contributed by atoms with E-state index in [0.29, 0.717) is 18.3 Å². The zero-order valence-corrected chi connectivity index (χ0v) is 9.54. The van der Waals surface area contributed by atoms with Gasteiger partial charge in [-0.3, -0.25) is 9.13 Å². The van der Waals surface area contributed by atoms with E-state index in [-0.39, 0.29) is 11.7 Å². The van der Waals surface area contributed by atoms with Gasteiger partial charge in [0.15, 0.2) is 5.82 Å². The summed E-state index contributed by atoms with van der Waals surface area (Å²) in [4.78, 5) is 15.9. The average molecular weight is 222 g/mol. The van der Waals surface area contributed by atoms with E-state index < -0.39 is 0 Å². The van der Waals surface area contributed by atoms with Gasteiger partial charge in [0.1, 0.15) is 0 Å². The van der Waals surface area contributed by atoms with Crippen LogP contribution in [0, 0.1) is 6.92 Å². The number of hydrogen-bond donors (Lipinski definition) is 0. The monoisotopic (exact) mass is 222 g/mol. The largest absolute Gasteiger partial charge is 0.340 e. The lowest BCUT2D eigenvalue weighted by Gasteiger charge is -2.03. The Morgan fingerprint density at radius 1 is 1.44 bits per heavy atom. The first kappa shape index (κ1) is 10.7. The lowest BCUT2D eigenvalue weighted by molar-refractivity contribution is 0.385. The molecule has 2 heterocycles. The minimum atomic E-state index is -0.0579. The summed E-state index contributed by atoms with van der Waals surface area (Å²) in [6, 6.07) is 0.153. The summed E-state index contributed by atoms with van der Waals surface area (Å²) in [5.41, 5.74) is -0.0579. The van der Waals surface area contributed by atoms with E-state index in [1.807, 2.05) is 13.8 Å². The highest BCUT2D eigenvalue weighted by molar-refractivity contribution is 4.90. The molecule has 2 rings (SSSR count). The van der Waals surface area contributed by atoms with Crippen LogP contribution in [0.5, 0.6) is 0 Å². The first-order valence-electron chi connectivity index (χ1n) is 5.14. The van der Waals surface area contributed by atoms with Crippen molar-refractivity contribution in [3.05, 3.63) is 34.6 Å². The molecule has 86 valence electrons. The van der Waals surface area contributed by atoms with Gasteiger partial charge in [0.25, 0.3) is 0 Å². The Kier molecular flexibility index (Phi) is 2.64. The lowest BCUT2D eigenvalue weighted by atomic mass is 10.4. The molecule has 0 aliphatic heterocycles. The number of hydrogen-bond acceptors (Lipinski definition) is 4. The first-order valence-corrected chi connectivity index (χ1v) is 5.14. The van der Waals surface area contributed by atoms with Crippen molar-refractivity contribution in [2.24, 2.45) is 0 Å². The van der Waals surface area contributed by atoms with Crippen molar-refractivity contribution in [2.45, 2.75) is 33.4 Å². The van der Waals surface area contributed by atoms with E-state index in [1.54, 1.807) is 28.5 Å². The first-order chi connectivity index (χ1) is 7.58. The summed E-state index contributed by atoms with van der Waals surface area (Å²) in [6.45, 7) is 5.99. The number of nitrogens with zero attached hydrogens (tertiary/aromatic N) is 4. The Labute approximate surface area is 92.5 Å². The third-order valence-electron chi connectivity index (χ3n) is 2.31. The fourth-order valence-electron chi connectivity index (χ4n) is 1.50. The van der Waals surface area contributed by atoms with Crippen LogP contribution in [-0.2, 0) is 6.54 Å². The molecule has 0 N–H and O–H groups in total. The summed E-state index contributed by atoms with van der Waals surface area (Å²) in [5, 5.41) is 3.75. The molecular formula is C10H14N4O2. The van der Waals surface area contributed by atoms with Crippen LogP contribution in [0.15, 0.2) is 21.7 Å². The summed E-state index contributed by atoms with van der Waals surface area (Å²) in [7, 11) is 0. The fourth-order valence-corrected chi connectivity index (χ4v) is 1.50. The molecule has 0 aliphatic carbocycles. The van der Waals surface area contributed by atoms with Gasteiger partial charge in [-0.25, -0.2) is 4.79 Å². The Bertz CT molecular complexity index is 535. The molecule has 0 saturated heterocycles. The third kappa shape index (κ3) is 1.91. The molecule has 16 heavy (non-hydrogen) atoms. The highest BCUT2D eigenvalue weighted by Gasteiger charge is 2.09. The molecule has 0 amide bonds. The summed E-state index contributed by atoms with van der Waals surface area (Å²) < 4.78 is 8.07. The van der Waals surface area contributed by atoms with Crippen LogP contribution in [0.25, 0.3) is 0 Å². The maximum absolute atomic E-state index is 11.9. The molecule has 2 aromatic rings. The number of aromatic nitrogens is 4. The molecule has 6 heteroatoms. The lowest BCUT2D eigenvalue weighted by Crippen LogP contribution is -2.25. The Balaban J connectivity index is 2.26. The van der Waals surface area contributed by atoms with E-state index in [0.717, 1.165) is 0 Å². The molecule has 6 nitrogen and oxygen atoms in total. The molecule has 0 aromatic carbocycles. The fraction of sp³-hybridized carbons (Fsp3) is 0.500. The van der Waals surface area contributed by atoms with Crippen molar-refractivity contribution in [3.63, 3.8) is 0 Å². The van der Waals surface area contributed by atoms with Gasteiger partial charge in [-0.15, -0.1) is 0 Å². The molecule has 2 aromatic heterocycles. The summed E-state index contributed by atoms with van der Waals surface area (Å²) in [5.74, 6) is 1.02. The van der Waals surface area contributed by atoms with Gasteiger partial charge in [0.05, 0.1) is 6.54 Å². The maximum Gasteiger partial charge on any atom is 0.328 e. The van der Waals surface area contributed by atoms with Gasteiger partial charge >= 0.3 is 5.69 Å². The predicted octanol–water partition coefficient (Wildman–Crippen LogP) is 0.970. The van der Waals surface area contributed by atoms with Crippen LogP contribution in [0.4, 0.5) is 0 Å². The second-order valence-corrected chi connectivity index (χ2v) is 3.94. The van der Waals surface area contributed by atoms with E-state index in [2.05, 4.69) is 10.1 Å². The van der Waals surface area contributed by atoms with E-state index >= 15 is 0 Å². The molecule has 0 fully saturated rings. The molecule has 0 unspecified atom stereocenters. The highest BCUT2D eigenvalue weighted by atomic mass is 16.5.